The summed E-state index contributed by atoms with van der Waals surface area (Å²) in [5, 5.41) is 5.56. The first-order valence-electron chi connectivity index (χ1n) is 6.73. The Bertz CT molecular complexity index is 888. The molecule has 0 aliphatic carbocycles. The van der Waals surface area contributed by atoms with E-state index in [0.29, 0.717) is 15.7 Å². The molecule has 0 spiro atoms. The van der Waals surface area contributed by atoms with Gasteiger partial charge in [-0.05, 0) is 38.1 Å². The van der Waals surface area contributed by atoms with E-state index in [-0.39, 0.29) is 5.91 Å². The molecule has 0 bridgehead atoms. The Kier molecular flexibility index (Phi) is 4.57. The quantitative estimate of drug-likeness (QED) is 0.602. The zero-order valence-corrected chi connectivity index (χ0v) is 15.5. The number of hydrogen-bond donors (Lipinski definition) is 1. The molecule has 2 heterocycles. The molecule has 1 aromatic carbocycles. The number of benzene rings is 1. The van der Waals surface area contributed by atoms with E-state index in [2.05, 4.69) is 26.2 Å². The minimum Gasteiger partial charge on any atom is -0.466 e. The zero-order chi connectivity index (χ0) is 16.6. The standard InChI is InChI=1S/C16H12BrClN2O2S/c1-8-5-12(9(2)22-8)14-7-23-16(19-14)20-15(21)11-4-3-10(17)6-13(11)18/h3-7H,1-2H3,(H,19,20,21). The zero-order valence-electron chi connectivity index (χ0n) is 12.3. The highest BCUT2D eigenvalue weighted by molar-refractivity contribution is 9.10. The number of nitrogens with zero attached hydrogens (tertiary/aromatic N) is 1. The van der Waals surface area contributed by atoms with Crippen LogP contribution in [0.1, 0.15) is 21.9 Å². The van der Waals surface area contributed by atoms with E-state index in [0.717, 1.165) is 27.3 Å². The Morgan fingerprint density at radius 3 is 2.78 bits per heavy atom. The van der Waals surface area contributed by atoms with Crippen molar-refractivity contribution in [2.45, 2.75) is 13.8 Å². The van der Waals surface area contributed by atoms with Gasteiger partial charge in [0.2, 0.25) is 0 Å². The largest absolute Gasteiger partial charge is 0.466 e. The normalized spacial score (nSPS) is 10.8. The molecule has 0 unspecified atom stereocenters. The molecule has 118 valence electrons. The number of furan rings is 1. The van der Waals surface area contributed by atoms with Crippen LogP contribution in [0.25, 0.3) is 11.3 Å². The van der Waals surface area contributed by atoms with Gasteiger partial charge in [-0.15, -0.1) is 11.3 Å². The minimum absolute atomic E-state index is 0.288. The van der Waals surface area contributed by atoms with E-state index in [1.165, 1.54) is 11.3 Å². The molecule has 0 saturated carbocycles. The van der Waals surface area contributed by atoms with Crippen molar-refractivity contribution < 1.29 is 9.21 Å². The fourth-order valence-electron chi connectivity index (χ4n) is 2.18. The maximum absolute atomic E-state index is 12.3. The third-order valence-electron chi connectivity index (χ3n) is 3.22. The van der Waals surface area contributed by atoms with Gasteiger partial charge in [0.05, 0.1) is 16.3 Å². The number of amides is 1. The highest BCUT2D eigenvalue weighted by atomic mass is 79.9. The fraction of sp³-hybridized carbons (Fsp3) is 0.125. The molecule has 7 heteroatoms. The van der Waals surface area contributed by atoms with E-state index in [1.54, 1.807) is 18.2 Å². The van der Waals surface area contributed by atoms with Crippen LogP contribution in [0.2, 0.25) is 5.02 Å². The second kappa shape index (κ2) is 6.47. The summed E-state index contributed by atoms with van der Waals surface area (Å²) < 4.78 is 6.33. The first-order valence-corrected chi connectivity index (χ1v) is 8.78. The number of rotatable bonds is 3. The molecular formula is C16H12BrClN2O2S. The fourth-order valence-corrected chi connectivity index (χ4v) is 3.64. The number of hydrogen-bond acceptors (Lipinski definition) is 4. The summed E-state index contributed by atoms with van der Waals surface area (Å²) >= 11 is 10.8. The lowest BCUT2D eigenvalue weighted by atomic mass is 10.2. The van der Waals surface area contributed by atoms with E-state index in [1.807, 2.05) is 25.3 Å². The van der Waals surface area contributed by atoms with Gasteiger partial charge in [-0.25, -0.2) is 4.98 Å². The van der Waals surface area contributed by atoms with Gasteiger partial charge in [-0.3, -0.25) is 10.1 Å². The molecule has 0 aliphatic heterocycles. The van der Waals surface area contributed by atoms with Crippen LogP contribution >= 0.6 is 38.9 Å². The van der Waals surface area contributed by atoms with Crippen molar-refractivity contribution in [2.24, 2.45) is 0 Å². The number of nitrogens with one attached hydrogen (secondary N) is 1. The molecule has 4 nitrogen and oxygen atoms in total. The maximum atomic E-state index is 12.3. The summed E-state index contributed by atoms with van der Waals surface area (Å²) in [6.07, 6.45) is 0. The van der Waals surface area contributed by atoms with Gasteiger partial charge in [-0.1, -0.05) is 27.5 Å². The first-order chi connectivity index (χ1) is 10.9. The molecule has 1 amide bonds. The van der Waals surface area contributed by atoms with Crippen molar-refractivity contribution in [1.82, 2.24) is 4.98 Å². The van der Waals surface area contributed by atoms with E-state index in [4.69, 9.17) is 16.0 Å². The van der Waals surface area contributed by atoms with Crippen LogP contribution in [0.4, 0.5) is 5.13 Å². The van der Waals surface area contributed by atoms with E-state index < -0.39 is 0 Å². The van der Waals surface area contributed by atoms with Gasteiger partial charge in [0.15, 0.2) is 5.13 Å². The van der Waals surface area contributed by atoms with Gasteiger partial charge in [0.1, 0.15) is 11.5 Å². The maximum Gasteiger partial charge on any atom is 0.258 e. The van der Waals surface area contributed by atoms with Crippen molar-refractivity contribution in [3.05, 3.63) is 56.2 Å². The highest BCUT2D eigenvalue weighted by Crippen LogP contribution is 2.30. The Balaban J connectivity index is 1.81. The number of carbonyl (C=O) groups excluding carboxylic acids is 1. The lowest BCUT2D eigenvalue weighted by Crippen LogP contribution is -2.12. The molecule has 0 aliphatic rings. The average Bonchev–Trinajstić information content (AvgIpc) is 3.05. The molecular weight excluding hydrogens is 400 g/mol. The predicted octanol–water partition coefficient (Wildman–Crippen LogP) is 5.69. The lowest BCUT2D eigenvalue weighted by Gasteiger charge is -2.04. The van der Waals surface area contributed by atoms with Crippen molar-refractivity contribution in [2.75, 3.05) is 5.32 Å². The summed E-state index contributed by atoms with van der Waals surface area (Å²) in [6.45, 7) is 3.78. The molecule has 1 N–H and O–H groups in total. The third-order valence-corrected chi connectivity index (χ3v) is 4.78. The molecule has 3 rings (SSSR count). The van der Waals surface area contributed by atoms with Crippen LogP contribution in [-0.4, -0.2) is 10.9 Å². The molecule has 3 aromatic rings. The van der Waals surface area contributed by atoms with Crippen molar-refractivity contribution >= 4 is 49.9 Å². The van der Waals surface area contributed by atoms with Gasteiger partial charge in [0.25, 0.3) is 5.91 Å². The molecule has 0 fully saturated rings. The summed E-state index contributed by atoms with van der Waals surface area (Å²) in [5.41, 5.74) is 2.12. The Labute approximate surface area is 150 Å². The number of anilines is 1. The summed E-state index contributed by atoms with van der Waals surface area (Å²) in [7, 11) is 0. The lowest BCUT2D eigenvalue weighted by molar-refractivity contribution is 0.102. The van der Waals surface area contributed by atoms with Gasteiger partial charge < -0.3 is 4.42 Å². The van der Waals surface area contributed by atoms with Crippen LogP contribution in [-0.2, 0) is 0 Å². The van der Waals surface area contributed by atoms with Gasteiger partial charge in [-0.2, -0.15) is 0 Å². The minimum atomic E-state index is -0.288. The van der Waals surface area contributed by atoms with Crippen LogP contribution in [0, 0.1) is 13.8 Å². The number of aromatic nitrogens is 1. The smallest absolute Gasteiger partial charge is 0.258 e. The van der Waals surface area contributed by atoms with Crippen LogP contribution in [0.5, 0.6) is 0 Å². The van der Waals surface area contributed by atoms with Crippen molar-refractivity contribution in [1.29, 1.82) is 0 Å². The summed E-state index contributed by atoms with van der Waals surface area (Å²) in [4.78, 5) is 16.7. The van der Waals surface area contributed by atoms with Gasteiger partial charge >= 0.3 is 0 Å². The average molecular weight is 412 g/mol. The monoisotopic (exact) mass is 410 g/mol. The van der Waals surface area contributed by atoms with E-state index in [9.17, 15) is 4.79 Å². The Hall–Kier alpha value is -1.63. The second-order valence-corrected chi connectivity index (χ2v) is 7.12. The van der Waals surface area contributed by atoms with Gasteiger partial charge in [0, 0.05) is 15.4 Å². The number of carbonyl (C=O) groups is 1. The van der Waals surface area contributed by atoms with Crippen LogP contribution < -0.4 is 5.32 Å². The van der Waals surface area contributed by atoms with Crippen molar-refractivity contribution in [3.8, 4) is 11.3 Å². The van der Waals surface area contributed by atoms with Crippen molar-refractivity contribution in [3.63, 3.8) is 0 Å². The molecule has 2 aromatic heterocycles. The third kappa shape index (κ3) is 3.49. The first kappa shape index (κ1) is 16.2. The number of halogens is 2. The van der Waals surface area contributed by atoms with E-state index >= 15 is 0 Å². The topological polar surface area (TPSA) is 55.1 Å². The highest BCUT2D eigenvalue weighted by Gasteiger charge is 2.15. The Morgan fingerprint density at radius 1 is 1.35 bits per heavy atom. The summed E-state index contributed by atoms with van der Waals surface area (Å²) in [6, 6.07) is 7.05. The second-order valence-electron chi connectivity index (χ2n) is 4.94. The molecule has 0 radical (unpaired) electrons. The van der Waals surface area contributed by atoms with Crippen LogP contribution in [0.3, 0.4) is 0 Å². The SMILES string of the molecule is Cc1cc(-c2csc(NC(=O)c3ccc(Br)cc3Cl)n2)c(C)o1. The number of aryl methyl sites for hydroxylation is 2. The predicted molar refractivity (Wildman–Crippen MR) is 96.4 cm³/mol. The molecule has 23 heavy (non-hydrogen) atoms. The summed E-state index contributed by atoms with van der Waals surface area (Å²) in [5.74, 6) is 1.35. The Morgan fingerprint density at radius 2 is 2.13 bits per heavy atom. The van der Waals surface area contributed by atoms with Crippen LogP contribution in [0.15, 0.2) is 38.5 Å². The number of thiazole rings is 1. The molecule has 0 atom stereocenters. The molecule has 0 saturated heterocycles.